The number of hydrogen-bond acceptors (Lipinski definition) is 6. The van der Waals surface area contributed by atoms with E-state index in [9.17, 15) is 0 Å². The van der Waals surface area contributed by atoms with Crippen LogP contribution in [0, 0.1) is 0 Å². The van der Waals surface area contributed by atoms with E-state index in [-0.39, 0.29) is 17.8 Å². The van der Waals surface area contributed by atoms with Gasteiger partial charge in [-0.2, -0.15) is 4.98 Å². The maximum absolute atomic E-state index is 5.78. The molecule has 1 aromatic rings. The molecule has 2 fully saturated rings. The minimum absolute atomic E-state index is 0.106. The van der Waals surface area contributed by atoms with Gasteiger partial charge in [0.05, 0.1) is 6.10 Å². The lowest BCUT2D eigenvalue weighted by molar-refractivity contribution is -0.0178. The average Bonchev–Trinajstić information content (AvgIpc) is 3.17. The number of ether oxygens (including phenoxy) is 2. The van der Waals surface area contributed by atoms with Crippen LogP contribution in [0.4, 0.5) is 0 Å². The van der Waals surface area contributed by atoms with Crippen molar-refractivity contribution in [3.8, 4) is 0 Å². The van der Waals surface area contributed by atoms with Gasteiger partial charge in [-0.25, -0.2) is 0 Å². The van der Waals surface area contributed by atoms with E-state index in [1.165, 1.54) is 0 Å². The van der Waals surface area contributed by atoms with Gasteiger partial charge in [-0.15, -0.1) is 0 Å². The van der Waals surface area contributed by atoms with Crippen molar-refractivity contribution in [3.63, 3.8) is 0 Å². The molecule has 0 radical (unpaired) electrons. The molecule has 1 aromatic heterocycles. The quantitative estimate of drug-likeness (QED) is 0.893. The summed E-state index contributed by atoms with van der Waals surface area (Å²) in [6.45, 7) is 0.541. The fourth-order valence-corrected chi connectivity index (χ4v) is 3.08. The average molecular weight is 267 g/mol. The molecule has 6 heteroatoms. The summed E-state index contributed by atoms with van der Waals surface area (Å²) in [5, 5.41) is 4.11. The van der Waals surface area contributed by atoms with Gasteiger partial charge >= 0.3 is 0 Å². The fraction of sp³-hybridized carbons (Fsp3) is 0.846. The Morgan fingerprint density at radius 2 is 2.16 bits per heavy atom. The molecule has 0 aromatic carbocycles. The molecule has 3 rings (SSSR count). The number of rotatable bonds is 4. The van der Waals surface area contributed by atoms with Crippen LogP contribution in [0.5, 0.6) is 0 Å². The SMILES string of the molecule is COC1(c2noc(C3CCC(CN)O3)n2)CCCC1. The smallest absolute Gasteiger partial charge is 0.255 e. The van der Waals surface area contributed by atoms with E-state index in [0.717, 1.165) is 38.5 Å². The Hall–Kier alpha value is -0.980. The van der Waals surface area contributed by atoms with Crippen molar-refractivity contribution in [1.82, 2.24) is 10.1 Å². The van der Waals surface area contributed by atoms with Gasteiger partial charge in [-0.1, -0.05) is 5.16 Å². The zero-order chi connectivity index (χ0) is 13.3. The normalized spacial score (nSPS) is 30.0. The molecule has 1 saturated carbocycles. The van der Waals surface area contributed by atoms with Gasteiger partial charge in [0.15, 0.2) is 0 Å². The van der Waals surface area contributed by atoms with E-state index in [1.54, 1.807) is 7.11 Å². The molecule has 2 atom stereocenters. The minimum atomic E-state index is -0.354. The summed E-state index contributed by atoms with van der Waals surface area (Å²) in [6, 6.07) is 0. The van der Waals surface area contributed by atoms with Crippen LogP contribution in [0.1, 0.15) is 56.3 Å². The number of nitrogens with two attached hydrogens (primary N) is 1. The molecular weight excluding hydrogens is 246 g/mol. The van der Waals surface area contributed by atoms with E-state index in [2.05, 4.69) is 10.1 Å². The second-order valence-electron chi connectivity index (χ2n) is 5.42. The van der Waals surface area contributed by atoms with E-state index >= 15 is 0 Å². The molecule has 2 heterocycles. The molecule has 0 amide bonds. The second-order valence-corrected chi connectivity index (χ2v) is 5.42. The van der Waals surface area contributed by atoms with Crippen molar-refractivity contribution < 1.29 is 14.0 Å². The maximum Gasteiger partial charge on any atom is 0.255 e. The Kier molecular flexibility index (Phi) is 3.56. The molecular formula is C13H21N3O3. The molecule has 0 spiro atoms. The van der Waals surface area contributed by atoms with Gasteiger partial charge < -0.3 is 19.7 Å². The highest BCUT2D eigenvalue weighted by Crippen LogP contribution is 2.41. The van der Waals surface area contributed by atoms with Gasteiger partial charge in [0.2, 0.25) is 5.82 Å². The molecule has 6 nitrogen and oxygen atoms in total. The predicted octanol–water partition coefficient (Wildman–Crippen LogP) is 1.66. The Labute approximate surface area is 112 Å². The number of hydrogen-bond donors (Lipinski definition) is 1. The summed E-state index contributed by atoms with van der Waals surface area (Å²) in [7, 11) is 1.72. The molecule has 2 aliphatic rings. The summed E-state index contributed by atoms with van der Waals surface area (Å²) in [6.07, 6.45) is 6.06. The summed E-state index contributed by atoms with van der Waals surface area (Å²) >= 11 is 0. The second kappa shape index (κ2) is 5.19. The summed E-state index contributed by atoms with van der Waals surface area (Å²) in [4.78, 5) is 4.52. The molecule has 1 saturated heterocycles. The fourth-order valence-electron chi connectivity index (χ4n) is 3.08. The van der Waals surface area contributed by atoms with Crippen molar-refractivity contribution in [2.75, 3.05) is 13.7 Å². The van der Waals surface area contributed by atoms with Gasteiger partial charge in [0.25, 0.3) is 5.89 Å². The zero-order valence-electron chi connectivity index (χ0n) is 11.3. The summed E-state index contributed by atoms with van der Waals surface area (Å²) in [5.74, 6) is 1.23. The number of nitrogens with zero attached hydrogens (tertiary/aromatic N) is 2. The van der Waals surface area contributed by atoms with E-state index in [4.69, 9.17) is 19.7 Å². The number of aromatic nitrogens is 2. The van der Waals surface area contributed by atoms with Crippen LogP contribution in [0.3, 0.4) is 0 Å². The first-order valence-electron chi connectivity index (χ1n) is 7.02. The van der Waals surface area contributed by atoms with Crippen LogP contribution < -0.4 is 5.73 Å². The predicted molar refractivity (Wildman–Crippen MR) is 67.4 cm³/mol. The van der Waals surface area contributed by atoms with Crippen LogP contribution in [-0.4, -0.2) is 29.9 Å². The third-order valence-electron chi connectivity index (χ3n) is 4.30. The molecule has 0 bridgehead atoms. The molecule has 19 heavy (non-hydrogen) atoms. The van der Waals surface area contributed by atoms with Crippen molar-refractivity contribution in [2.45, 2.75) is 56.3 Å². The lowest BCUT2D eigenvalue weighted by Crippen LogP contribution is -2.26. The zero-order valence-corrected chi connectivity index (χ0v) is 11.3. The highest BCUT2D eigenvalue weighted by Gasteiger charge is 2.41. The van der Waals surface area contributed by atoms with E-state index in [1.807, 2.05) is 0 Å². The van der Waals surface area contributed by atoms with Crippen LogP contribution in [0.25, 0.3) is 0 Å². The first kappa shape index (κ1) is 13.0. The van der Waals surface area contributed by atoms with Crippen molar-refractivity contribution >= 4 is 0 Å². The highest BCUT2D eigenvalue weighted by atomic mass is 16.5. The third-order valence-corrected chi connectivity index (χ3v) is 4.30. The summed E-state index contributed by atoms with van der Waals surface area (Å²) in [5.41, 5.74) is 5.26. The first-order valence-corrected chi connectivity index (χ1v) is 7.02. The first-order chi connectivity index (χ1) is 9.27. The Bertz CT molecular complexity index is 429. The van der Waals surface area contributed by atoms with Gasteiger partial charge in [-0.3, -0.25) is 0 Å². The van der Waals surface area contributed by atoms with Crippen molar-refractivity contribution in [1.29, 1.82) is 0 Å². The molecule has 1 aliphatic heterocycles. The largest absolute Gasteiger partial charge is 0.370 e. The van der Waals surface area contributed by atoms with Gasteiger partial charge in [0, 0.05) is 13.7 Å². The van der Waals surface area contributed by atoms with Gasteiger partial charge in [0.1, 0.15) is 11.7 Å². The molecule has 106 valence electrons. The Balaban J connectivity index is 1.76. The van der Waals surface area contributed by atoms with Crippen LogP contribution >= 0.6 is 0 Å². The minimum Gasteiger partial charge on any atom is -0.370 e. The topological polar surface area (TPSA) is 83.4 Å². The Morgan fingerprint density at radius 1 is 1.37 bits per heavy atom. The lowest BCUT2D eigenvalue weighted by Gasteiger charge is -2.22. The van der Waals surface area contributed by atoms with Crippen molar-refractivity contribution in [2.24, 2.45) is 5.73 Å². The lowest BCUT2D eigenvalue weighted by atomic mass is 10.0. The maximum atomic E-state index is 5.78. The molecule has 2 N–H and O–H groups in total. The van der Waals surface area contributed by atoms with Crippen LogP contribution in [-0.2, 0) is 15.1 Å². The van der Waals surface area contributed by atoms with E-state index in [0.29, 0.717) is 18.3 Å². The van der Waals surface area contributed by atoms with Crippen LogP contribution in [0.2, 0.25) is 0 Å². The van der Waals surface area contributed by atoms with Gasteiger partial charge in [-0.05, 0) is 38.5 Å². The van der Waals surface area contributed by atoms with Crippen LogP contribution in [0.15, 0.2) is 4.52 Å². The third kappa shape index (κ3) is 2.28. The standard InChI is InChI=1S/C13H21N3O3/c1-17-13(6-2-3-7-13)12-15-11(19-16-12)10-5-4-9(8-14)18-10/h9-10H,2-8,14H2,1H3. The molecule has 2 unspecified atom stereocenters. The molecule has 1 aliphatic carbocycles. The highest BCUT2D eigenvalue weighted by molar-refractivity contribution is 5.05. The monoisotopic (exact) mass is 267 g/mol. The summed E-state index contributed by atoms with van der Waals surface area (Å²) < 4.78 is 16.8. The Morgan fingerprint density at radius 3 is 2.79 bits per heavy atom. The van der Waals surface area contributed by atoms with Crippen molar-refractivity contribution in [3.05, 3.63) is 11.7 Å². The van der Waals surface area contributed by atoms with E-state index < -0.39 is 0 Å². The number of methoxy groups -OCH3 is 1.